The van der Waals surface area contributed by atoms with Crippen LogP contribution in [0.2, 0.25) is 0 Å². The van der Waals surface area contributed by atoms with E-state index in [1.807, 2.05) is 20.8 Å². The van der Waals surface area contributed by atoms with E-state index >= 15 is 0 Å². The first-order valence-electron chi connectivity index (χ1n) is 5.59. The molecule has 0 fully saturated rings. The fourth-order valence-electron chi connectivity index (χ4n) is 1.11. The normalized spacial score (nSPS) is 13.3. The number of nitrogens with zero attached hydrogens (tertiary/aromatic N) is 2. The molecule has 1 unspecified atom stereocenters. The fraction of sp³-hybridized carbons (Fsp3) is 0.636. The Morgan fingerprint density at radius 1 is 1.53 bits per heavy atom. The molecule has 0 spiro atoms. The van der Waals surface area contributed by atoms with Crippen molar-refractivity contribution in [3.05, 3.63) is 10.7 Å². The first-order chi connectivity index (χ1) is 7.86. The predicted molar refractivity (Wildman–Crippen MR) is 73.3 cm³/mol. The summed E-state index contributed by atoms with van der Waals surface area (Å²) in [6.45, 7) is 8.32. The Kier molecular flexibility index (Phi) is 4.70. The van der Waals surface area contributed by atoms with Crippen LogP contribution in [0.15, 0.2) is 10.7 Å². The summed E-state index contributed by atoms with van der Waals surface area (Å²) >= 11 is 3.39. The Labute approximate surface area is 110 Å². The van der Waals surface area contributed by atoms with Gasteiger partial charge >= 0.3 is 0 Å². The molecule has 17 heavy (non-hydrogen) atoms. The van der Waals surface area contributed by atoms with E-state index in [1.165, 1.54) is 0 Å². The number of anilines is 2. The van der Waals surface area contributed by atoms with Crippen LogP contribution >= 0.6 is 15.9 Å². The summed E-state index contributed by atoms with van der Waals surface area (Å²) in [5.74, 6) is 1.24. The molecule has 96 valence electrons. The molecule has 0 aliphatic carbocycles. The van der Waals surface area contributed by atoms with Crippen LogP contribution < -0.4 is 10.6 Å². The zero-order valence-corrected chi connectivity index (χ0v) is 12.2. The van der Waals surface area contributed by atoms with Gasteiger partial charge in [0.25, 0.3) is 0 Å². The molecular weight excluding hydrogens is 284 g/mol. The number of aliphatic hydroxyl groups excluding tert-OH is 1. The van der Waals surface area contributed by atoms with Gasteiger partial charge in [-0.1, -0.05) is 0 Å². The zero-order valence-electron chi connectivity index (χ0n) is 10.6. The van der Waals surface area contributed by atoms with E-state index in [1.54, 1.807) is 13.1 Å². The van der Waals surface area contributed by atoms with Crippen LogP contribution in [0.5, 0.6) is 0 Å². The summed E-state index contributed by atoms with van der Waals surface area (Å²) in [7, 11) is 0. The third-order valence-corrected chi connectivity index (χ3v) is 3.14. The Bertz CT molecular complexity index is 382. The summed E-state index contributed by atoms with van der Waals surface area (Å²) in [5, 5.41) is 15.9. The number of hydrogen-bond donors (Lipinski definition) is 3. The maximum absolute atomic E-state index is 9.67. The molecular formula is C11H19BrN4O. The highest BCUT2D eigenvalue weighted by molar-refractivity contribution is 9.10. The van der Waals surface area contributed by atoms with Crippen molar-refractivity contribution in [1.29, 1.82) is 0 Å². The average molecular weight is 303 g/mol. The van der Waals surface area contributed by atoms with E-state index < -0.39 is 11.6 Å². The van der Waals surface area contributed by atoms with E-state index in [4.69, 9.17) is 0 Å². The van der Waals surface area contributed by atoms with E-state index in [-0.39, 0.29) is 0 Å². The highest BCUT2D eigenvalue weighted by Gasteiger charge is 2.25. The molecule has 0 aliphatic rings. The lowest BCUT2D eigenvalue weighted by Crippen LogP contribution is -2.42. The van der Waals surface area contributed by atoms with E-state index in [0.29, 0.717) is 11.8 Å². The van der Waals surface area contributed by atoms with Gasteiger partial charge < -0.3 is 15.7 Å². The minimum Gasteiger partial charge on any atom is -0.391 e. The Morgan fingerprint density at radius 3 is 2.71 bits per heavy atom. The zero-order chi connectivity index (χ0) is 13.1. The summed E-state index contributed by atoms with van der Waals surface area (Å²) in [6.07, 6.45) is 1.19. The number of nitrogens with one attached hydrogen (secondary N) is 2. The lowest BCUT2D eigenvalue weighted by atomic mass is 9.99. The van der Waals surface area contributed by atoms with Crippen molar-refractivity contribution in [2.45, 2.75) is 39.3 Å². The van der Waals surface area contributed by atoms with Gasteiger partial charge in [-0.3, -0.25) is 0 Å². The number of rotatable bonds is 5. The van der Waals surface area contributed by atoms with Crippen LogP contribution in [-0.4, -0.2) is 33.3 Å². The molecule has 1 rings (SSSR count). The second-order valence-corrected chi connectivity index (χ2v) is 5.30. The fourth-order valence-corrected chi connectivity index (χ4v) is 1.40. The smallest absolute Gasteiger partial charge is 0.224 e. The lowest BCUT2D eigenvalue weighted by molar-refractivity contribution is 0.133. The molecule has 0 aromatic carbocycles. The quantitative estimate of drug-likeness (QED) is 0.778. The molecule has 6 heteroatoms. The summed E-state index contributed by atoms with van der Waals surface area (Å²) in [4.78, 5) is 8.47. The molecule has 0 aliphatic heterocycles. The molecule has 3 N–H and O–H groups in total. The predicted octanol–water partition coefficient (Wildman–Crippen LogP) is 2.24. The van der Waals surface area contributed by atoms with Crippen LogP contribution in [0, 0.1) is 0 Å². The molecule has 1 atom stereocenters. The number of hydrogen-bond acceptors (Lipinski definition) is 5. The Morgan fingerprint density at radius 2 is 2.18 bits per heavy atom. The Balaban J connectivity index is 2.93. The topological polar surface area (TPSA) is 70.1 Å². The van der Waals surface area contributed by atoms with Gasteiger partial charge in [-0.05, 0) is 43.6 Å². The molecule has 0 amide bonds. The van der Waals surface area contributed by atoms with Gasteiger partial charge in [0.2, 0.25) is 5.95 Å². The number of aliphatic hydroxyl groups is 1. The standard InChI is InChI=1S/C11H19BrN4O/c1-5-13-10-14-6-8(12)9(15-10)16-11(3,4)7(2)17/h6-7,17H,5H2,1-4H3,(H2,13,14,15,16). The first-order valence-corrected chi connectivity index (χ1v) is 6.38. The third-order valence-electron chi connectivity index (χ3n) is 2.56. The van der Waals surface area contributed by atoms with Crippen LogP contribution in [0.4, 0.5) is 11.8 Å². The second-order valence-electron chi connectivity index (χ2n) is 4.44. The summed E-state index contributed by atoms with van der Waals surface area (Å²) in [6, 6.07) is 0. The molecule has 0 saturated heterocycles. The van der Waals surface area contributed by atoms with Crippen LogP contribution in [0.3, 0.4) is 0 Å². The van der Waals surface area contributed by atoms with Gasteiger partial charge in [-0.15, -0.1) is 0 Å². The third kappa shape index (κ3) is 3.81. The average Bonchev–Trinajstić information content (AvgIpc) is 2.23. The molecule has 0 radical (unpaired) electrons. The van der Waals surface area contributed by atoms with Gasteiger partial charge in [-0.2, -0.15) is 4.98 Å². The molecule has 5 nitrogen and oxygen atoms in total. The molecule has 0 bridgehead atoms. The van der Waals surface area contributed by atoms with Crippen molar-refractivity contribution >= 4 is 27.7 Å². The van der Waals surface area contributed by atoms with E-state index in [0.717, 1.165) is 11.0 Å². The van der Waals surface area contributed by atoms with Crippen molar-refractivity contribution in [3.8, 4) is 0 Å². The number of halogens is 1. The van der Waals surface area contributed by atoms with Crippen LogP contribution in [0.25, 0.3) is 0 Å². The van der Waals surface area contributed by atoms with Crippen molar-refractivity contribution in [1.82, 2.24) is 9.97 Å². The maximum Gasteiger partial charge on any atom is 0.224 e. The van der Waals surface area contributed by atoms with E-state index in [2.05, 4.69) is 36.5 Å². The monoisotopic (exact) mass is 302 g/mol. The highest BCUT2D eigenvalue weighted by Crippen LogP contribution is 2.24. The highest BCUT2D eigenvalue weighted by atomic mass is 79.9. The number of aromatic nitrogens is 2. The van der Waals surface area contributed by atoms with Gasteiger partial charge in [0, 0.05) is 12.7 Å². The SMILES string of the molecule is CCNc1ncc(Br)c(NC(C)(C)C(C)O)n1. The minimum absolute atomic E-state index is 0.458. The second kappa shape index (κ2) is 5.64. The molecule has 1 aromatic rings. The summed E-state index contributed by atoms with van der Waals surface area (Å²) < 4.78 is 0.771. The van der Waals surface area contributed by atoms with Gasteiger partial charge in [-0.25, -0.2) is 4.98 Å². The van der Waals surface area contributed by atoms with Gasteiger partial charge in [0.15, 0.2) is 0 Å². The van der Waals surface area contributed by atoms with Crippen molar-refractivity contribution < 1.29 is 5.11 Å². The Hall–Kier alpha value is -0.880. The molecule has 1 heterocycles. The van der Waals surface area contributed by atoms with Crippen molar-refractivity contribution in [3.63, 3.8) is 0 Å². The van der Waals surface area contributed by atoms with Crippen LogP contribution in [-0.2, 0) is 0 Å². The van der Waals surface area contributed by atoms with Gasteiger partial charge in [0.05, 0.1) is 16.1 Å². The minimum atomic E-state index is -0.494. The summed E-state index contributed by atoms with van der Waals surface area (Å²) in [5.41, 5.74) is -0.458. The largest absolute Gasteiger partial charge is 0.391 e. The van der Waals surface area contributed by atoms with Crippen molar-refractivity contribution in [2.75, 3.05) is 17.2 Å². The first kappa shape index (κ1) is 14.2. The molecule has 0 saturated carbocycles. The lowest BCUT2D eigenvalue weighted by Gasteiger charge is -2.30. The van der Waals surface area contributed by atoms with Gasteiger partial charge in [0.1, 0.15) is 5.82 Å². The van der Waals surface area contributed by atoms with Crippen LogP contribution in [0.1, 0.15) is 27.7 Å². The van der Waals surface area contributed by atoms with E-state index in [9.17, 15) is 5.11 Å². The maximum atomic E-state index is 9.67. The molecule has 1 aromatic heterocycles. The van der Waals surface area contributed by atoms with Crippen molar-refractivity contribution in [2.24, 2.45) is 0 Å².